The van der Waals surface area contributed by atoms with Gasteiger partial charge >= 0.3 is 0 Å². The summed E-state index contributed by atoms with van der Waals surface area (Å²) in [7, 11) is 0. The molecule has 1 aliphatic heterocycles. The molecule has 5 nitrogen and oxygen atoms in total. The first kappa shape index (κ1) is 16.5. The molecule has 0 spiro atoms. The second kappa shape index (κ2) is 5.93. The van der Waals surface area contributed by atoms with Crippen molar-refractivity contribution in [3.63, 3.8) is 0 Å². The Hall–Kier alpha value is -1.36. The number of aliphatic hydroxyl groups excluding tert-OH is 1. The lowest BCUT2D eigenvalue weighted by Gasteiger charge is -2.33. The van der Waals surface area contributed by atoms with E-state index in [2.05, 4.69) is 25.9 Å². The van der Waals surface area contributed by atoms with E-state index < -0.39 is 0 Å². The van der Waals surface area contributed by atoms with Gasteiger partial charge in [0, 0.05) is 30.6 Å². The van der Waals surface area contributed by atoms with Crippen molar-refractivity contribution in [2.75, 3.05) is 13.1 Å². The molecule has 1 N–H and O–H groups in total. The molecule has 0 bridgehead atoms. The zero-order valence-electron chi connectivity index (χ0n) is 14.7. The third-order valence-corrected chi connectivity index (χ3v) is 5.01. The van der Waals surface area contributed by atoms with Crippen molar-refractivity contribution in [1.29, 1.82) is 0 Å². The van der Waals surface area contributed by atoms with Crippen molar-refractivity contribution in [2.24, 2.45) is 5.92 Å². The summed E-state index contributed by atoms with van der Waals surface area (Å²) in [5.41, 5.74) is 1.65. The van der Waals surface area contributed by atoms with Crippen LogP contribution in [0.1, 0.15) is 75.5 Å². The van der Waals surface area contributed by atoms with Gasteiger partial charge in [-0.1, -0.05) is 0 Å². The molecular formula is C18H29N3O2. The Morgan fingerprint density at radius 1 is 1.35 bits per heavy atom. The lowest BCUT2D eigenvalue weighted by Crippen LogP contribution is -2.43. The molecule has 3 rings (SSSR count). The highest BCUT2D eigenvalue weighted by Crippen LogP contribution is 2.41. The van der Waals surface area contributed by atoms with Crippen molar-refractivity contribution >= 4 is 5.91 Å². The van der Waals surface area contributed by atoms with E-state index in [1.165, 1.54) is 18.5 Å². The lowest BCUT2D eigenvalue weighted by atomic mass is 9.93. The van der Waals surface area contributed by atoms with Crippen molar-refractivity contribution < 1.29 is 9.90 Å². The third kappa shape index (κ3) is 3.44. The van der Waals surface area contributed by atoms with Gasteiger partial charge in [0.05, 0.1) is 11.6 Å². The van der Waals surface area contributed by atoms with Crippen molar-refractivity contribution in [3.05, 3.63) is 17.5 Å². The Bertz CT molecular complexity index is 582. The number of hydrogen-bond donors (Lipinski definition) is 1. The van der Waals surface area contributed by atoms with Gasteiger partial charge in [-0.15, -0.1) is 0 Å². The molecule has 1 aromatic heterocycles. The summed E-state index contributed by atoms with van der Waals surface area (Å²) >= 11 is 0. The molecule has 0 aromatic carbocycles. The van der Waals surface area contributed by atoms with Gasteiger partial charge in [0.2, 0.25) is 0 Å². The van der Waals surface area contributed by atoms with Crippen molar-refractivity contribution in [1.82, 2.24) is 14.7 Å². The van der Waals surface area contributed by atoms with E-state index in [0.29, 0.717) is 18.2 Å². The molecule has 2 unspecified atom stereocenters. The van der Waals surface area contributed by atoms with Crippen LogP contribution in [0.3, 0.4) is 0 Å². The Labute approximate surface area is 138 Å². The highest BCUT2D eigenvalue weighted by atomic mass is 16.3. The largest absolute Gasteiger partial charge is 0.393 e. The number of aromatic nitrogens is 2. The van der Waals surface area contributed by atoms with E-state index in [1.807, 2.05) is 22.6 Å². The first-order valence-corrected chi connectivity index (χ1v) is 8.85. The minimum atomic E-state index is -0.361. The van der Waals surface area contributed by atoms with E-state index in [0.717, 1.165) is 19.4 Å². The van der Waals surface area contributed by atoms with E-state index in [-0.39, 0.29) is 23.5 Å². The van der Waals surface area contributed by atoms with Crippen LogP contribution in [0.15, 0.2) is 6.07 Å². The van der Waals surface area contributed by atoms with Gasteiger partial charge in [0.15, 0.2) is 5.69 Å². The average Bonchev–Trinajstić information content (AvgIpc) is 3.23. The molecule has 2 heterocycles. The zero-order chi connectivity index (χ0) is 16.8. The highest BCUT2D eigenvalue weighted by Gasteiger charge is 2.34. The SMILES string of the molecule is CC(O)C1CCCN(C(=O)c2cc(C3CC3)n(C(C)(C)C)n2)C1. The third-order valence-electron chi connectivity index (χ3n) is 5.01. The Kier molecular flexibility index (Phi) is 4.25. The Balaban J connectivity index is 1.82. The first-order valence-electron chi connectivity index (χ1n) is 8.85. The molecule has 2 atom stereocenters. The monoisotopic (exact) mass is 319 g/mol. The van der Waals surface area contributed by atoms with Crippen LogP contribution in [0.25, 0.3) is 0 Å². The van der Waals surface area contributed by atoms with Gasteiger partial charge in [-0.2, -0.15) is 5.10 Å². The number of aliphatic hydroxyl groups is 1. The number of hydrogen-bond acceptors (Lipinski definition) is 3. The molecule has 1 aromatic rings. The molecule has 2 aliphatic rings. The summed E-state index contributed by atoms with van der Waals surface area (Å²) < 4.78 is 2.04. The Morgan fingerprint density at radius 3 is 2.61 bits per heavy atom. The molecule has 128 valence electrons. The smallest absolute Gasteiger partial charge is 0.274 e. The second-order valence-electron chi connectivity index (χ2n) is 8.21. The van der Waals surface area contributed by atoms with Crippen LogP contribution in [0.4, 0.5) is 0 Å². The topological polar surface area (TPSA) is 58.4 Å². The summed E-state index contributed by atoms with van der Waals surface area (Å²) in [5, 5.41) is 14.5. The summed E-state index contributed by atoms with van der Waals surface area (Å²) in [6, 6.07) is 2.00. The lowest BCUT2D eigenvalue weighted by molar-refractivity contribution is 0.0460. The standard InChI is InChI=1S/C18H29N3O2/c1-12(22)14-6-5-9-20(11-14)17(23)15-10-16(13-7-8-13)21(19-15)18(2,3)4/h10,12-14,22H,5-9,11H2,1-4H3. The fraction of sp³-hybridized carbons (Fsp3) is 0.778. The van der Waals surface area contributed by atoms with Crippen LogP contribution in [0.2, 0.25) is 0 Å². The number of nitrogens with zero attached hydrogens (tertiary/aromatic N) is 3. The van der Waals surface area contributed by atoms with Crippen LogP contribution in [0, 0.1) is 5.92 Å². The maximum Gasteiger partial charge on any atom is 0.274 e. The Morgan fingerprint density at radius 2 is 2.04 bits per heavy atom. The van der Waals surface area contributed by atoms with Crippen LogP contribution in [0.5, 0.6) is 0 Å². The summed E-state index contributed by atoms with van der Waals surface area (Å²) in [6.45, 7) is 9.61. The predicted octanol–water partition coefficient (Wildman–Crippen LogP) is 2.75. The minimum Gasteiger partial charge on any atom is -0.393 e. The molecule has 1 amide bonds. The fourth-order valence-electron chi connectivity index (χ4n) is 3.46. The van der Waals surface area contributed by atoms with Gasteiger partial charge in [-0.05, 0) is 59.4 Å². The van der Waals surface area contributed by atoms with Crippen LogP contribution in [-0.2, 0) is 5.54 Å². The fourth-order valence-corrected chi connectivity index (χ4v) is 3.46. The number of likely N-dealkylation sites (tertiary alicyclic amines) is 1. The van der Waals surface area contributed by atoms with Crippen molar-refractivity contribution in [3.8, 4) is 0 Å². The maximum absolute atomic E-state index is 12.9. The van der Waals surface area contributed by atoms with Gasteiger partial charge in [-0.3, -0.25) is 9.48 Å². The quantitative estimate of drug-likeness (QED) is 0.932. The second-order valence-corrected chi connectivity index (χ2v) is 8.21. The molecule has 1 aliphatic carbocycles. The summed E-state index contributed by atoms with van der Waals surface area (Å²) in [6.07, 6.45) is 3.98. The number of rotatable bonds is 3. The normalized spacial score (nSPS) is 23.9. The minimum absolute atomic E-state index is 0.0141. The molecule has 5 heteroatoms. The number of piperidine rings is 1. The molecule has 0 radical (unpaired) electrons. The van der Waals surface area contributed by atoms with Gasteiger partial charge in [-0.25, -0.2) is 0 Å². The molecule has 2 fully saturated rings. The number of carbonyl (C=O) groups is 1. The van der Waals surface area contributed by atoms with Crippen LogP contribution < -0.4 is 0 Å². The zero-order valence-corrected chi connectivity index (χ0v) is 14.7. The summed E-state index contributed by atoms with van der Waals surface area (Å²) in [5.74, 6) is 0.760. The maximum atomic E-state index is 12.9. The number of carbonyl (C=O) groups excluding carboxylic acids is 1. The van der Waals surface area contributed by atoms with E-state index in [9.17, 15) is 9.90 Å². The van der Waals surface area contributed by atoms with E-state index >= 15 is 0 Å². The molecule has 1 saturated heterocycles. The average molecular weight is 319 g/mol. The highest BCUT2D eigenvalue weighted by molar-refractivity contribution is 5.92. The van der Waals surface area contributed by atoms with Gasteiger partial charge in [0.1, 0.15) is 0 Å². The molecular weight excluding hydrogens is 290 g/mol. The predicted molar refractivity (Wildman–Crippen MR) is 89.5 cm³/mol. The van der Waals surface area contributed by atoms with E-state index in [1.54, 1.807) is 0 Å². The van der Waals surface area contributed by atoms with Gasteiger partial charge in [0.25, 0.3) is 5.91 Å². The van der Waals surface area contributed by atoms with Crippen LogP contribution >= 0.6 is 0 Å². The first-order chi connectivity index (χ1) is 10.8. The van der Waals surface area contributed by atoms with E-state index in [4.69, 9.17) is 0 Å². The van der Waals surface area contributed by atoms with Crippen LogP contribution in [-0.4, -0.2) is 44.9 Å². The molecule has 1 saturated carbocycles. The number of amides is 1. The van der Waals surface area contributed by atoms with Gasteiger partial charge < -0.3 is 10.0 Å². The van der Waals surface area contributed by atoms with Crippen molar-refractivity contribution in [2.45, 2.75) is 70.9 Å². The summed E-state index contributed by atoms with van der Waals surface area (Å²) in [4.78, 5) is 14.7. The molecule has 23 heavy (non-hydrogen) atoms.